The lowest BCUT2D eigenvalue weighted by Crippen LogP contribution is -2.41. The first-order valence-electron chi connectivity index (χ1n) is 9.96. The molecule has 0 radical (unpaired) electrons. The van der Waals surface area contributed by atoms with Gasteiger partial charge in [-0.3, -0.25) is 20.4 Å². The molecule has 0 spiro atoms. The van der Waals surface area contributed by atoms with Crippen LogP contribution in [0.25, 0.3) is 28.0 Å². The minimum Gasteiger partial charge on any atom is -0.335 e. The maximum absolute atomic E-state index is 13.3. The van der Waals surface area contributed by atoms with Gasteiger partial charge < -0.3 is 4.52 Å². The lowest BCUT2D eigenvalue weighted by atomic mass is 10.1. The first kappa shape index (κ1) is 20.9. The van der Waals surface area contributed by atoms with Crippen LogP contribution in [0.3, 0.4) is 0 Å². The quantitative estimate of drug-likeness (QED) is 0.391. The molecule has 3 heterocycles. The number of carbonyl (C=O) groups excluding carboxylic acids is 2. The predicted octanol–water partition coefficient (Wildman–Crippen LogP) is 2.39. The van der Waals surface area contributed by atoms with Crippen LogP contribution in [-0.4, -0.2) is 42.2 Å². The number of fused-ring (bicyclic) bond motifs is 1. The fourth-order valence-corrected chi connectivity index (χ4v) is 3.34. The molecular formula is C22H15FN8O3. The van der Waals surface area contributed by atoms with E-state index in [0.29, 0.717) is 33.6 Å². The Morgan fingerprint density at radius 3 is 2.44 bits per heavy atom. The van der Waals surface area contributed by atoms with Crippen LogP contribution in [0.1, 0.15) is 26.4 Å². The largest absolute Gasteiger partial charge is 0.335 e. The fourth-order valence-electron chi connectivity index (χ4n) is 3.34. The number of hydrogen-bond acceptors (Lipinski definition) is 8. The summed E-state index contributed by atoms with van der Waals surface area (Å²) in [4.78, 5) is 29.9. The maximum atomic E-state index is 13.3. The summed E-state index contributed by atoms with van der Waals surface area (Å²) < 4.78 is 20.0. The van der Waals surface area contributed by atoms with Crippen LogP contribution in [0.4, 0.5) is 4.39 Å². The second-order valence-electron chi connectivity index (χ2n) is 7.22. The van der Waals surface area contributed by atoms with Crippen molar-refractivity contribution in [1.29, 1.82) is 0 Å². The van der Waals surface area contributed by atoms with Gasteiger partial charge >= 0.3 is 0 Å². The Balaban J connectivity index is 1.37. The molecule has 11 nitrogen and oxygen atoms in total. The average molecular weight is 458 g/mol. The summed E-state index contributed by atoms with van der Waals surface area (Å²) in [6, 6.07) is 13.6. The number of aryl methyl sites for hydroxylation is 1. The van der Waals surface area contributed by atoms with Crippen molar-refractivity contribution in [2.45, 2.75) is 6.92 Å². The van der Waals surface area contributed by atoms with E-state index in [0.717, 1.165) is 0 Å². The number of nitrogens with one attached hydrogen (secondary N) is 2. The number of aromatic nitrogens is 6. The number of tetrazole rings is 1. The van der Waals surface area contributed by atoms with Crippen LogP contribution in [0.15, 0.2) is 65.4 Å². The van der Waals surface area contributed by atoms with Crippen molar-refractivity contribution in [3.63, 3.8) is 0 Å². The molecule has 0 aliphatic rings. The van der Waals surface area contributed by atoms with E-state index in [1.54, 1.807) is 31.2 Å². The van der Waals surface area contributed by atoms with Gasteiger partial charge in [0, 0.05) is 11.1 Å². The molecule has 34 heavy (non-hydrogen) atoms. The third kappa shape index (κ3) is 3.95. The Morgan fingerprint density at radius 1 is 1.00 bits per heavy atom. The van der Waals surface area contributed by atoms with Gasteiger partial charge in [-0.2, -0.15) is 0 Å². The van der Waals surface area contributed by atoms with E-state index in [4.69, 9.17) is 4.52 Å². The SMILES string of the molecule is Cc1noc2nc(-c3ccc(F)cc3)cc(C(=O)NNC(=O)c3ccc(-n4cnnn4)cc3)c12. The maximum Gasteiger partial charge on any atom is 0.270 e. The number of halogens is 1. The molecule has 0 saturated heterocycles. The van der Waals surface area contributed by atoms with E-state index in [-0.39, 0.29) is 11.3 Å². The summed E-state index contributed by atoms with van der Waals surface area (Å²) in [5.41, 5.74) is 7.54. The third-order valence-corrected chi connectivity index (χ3v) is 5.03. The third-order valence-electron chi connectivity index (χ3n) is 5.03. The normalized spacial score (nSPS) is 10.9. The van der Waals surface area contributed by atoms with Gasteiger partial charge in [-0.25, -0.2) is 14.1 Å². The lowest BCUT2D eigenvalue weighted by molar-refractivity contribution is 0.0847. The van der Waals surface area contributed by atoms with Crippen molar-refractivity contribution < 1.29 is 18.5 Å². The van der Waals surface area contributed by atoms with Gasteiger partial charge in [0.2, 0.25) is 0 Å². The van der Waals surface area contributed by atoms with Gasteiger partial charge in [0.1, 0.15) is 12.1 Å². The van der Waals surface area contributed by atoms with Crippen LogP contribution in [0.2, 0.25) is 0 Å². The van der Waals surface area contributed by atoms with Crippen molar-refractivity contribution in [2.75, 3.05) is 0 Å². The predicted molar refractivity (Wildman–Crippen MR) is 116 cm³/mol. The van der Waals surface area contributed by atoms with Crippen LogP contribution >= 0.6 is 0 Å². The summed E-state index contributed by atoms with van der Waals surface area (Å²) in [7, 11) is 0. The van der Waals surface area contributed by atoms with Crippen molar-refractivity contribution in [2.24, 2.45) is 0 Å². The Hall–Kier alpha value is -5.00. The Kier molecular flexibility index (Phi) is 5.22. The molecule has 0 aliphatic carbocycles. The number of amides is 2. The molecule has 3 aromatic heterocycles. The second-order valence-corrected chi connectivity index (χ2v) is 7.22. The van der Waals surface area contributed by atoms with Gasteiger partial charge in [0.25, 0.3) is 17.5 Å². The van der Waals surface area contributed by atoms with Crippen LogP contribution in [0, 0.1) is 12.7 Å². The highest BCUT2D eigenvalue weighted by Gasteiger charge is 2.20. The highest BCUT2D eigenvalue weighted by Crippen LogP contribution is 2.27. The second kappa shape index (κ2) is 8.50. The first-order chi connectivity index (χ1) is 16.5. The molecule has 12 heteroatoms. The van der Waals surface area contributed by atoms with Crippen molar-refractivity contribution >= 4 is 22.9 Å². The molecule has 0 aliphatic heterocycles. The van der Waals surface area contributed by atoms with E-state index in [2.05, 4.69) is 36.5 Å². The summed E-state index contributed by atoms with van der Waals surface area (Å²) in [5, 5.41) is 15.2. The molecule has 0 atom stereocenters. The van der Waals surface area contributed by atoms with Crippen molar-refractivity contribution in [3.8, 4) is 16.9 Å². The topological polar surface area (TPSA) is 141 Å². The Bertz CT molecular complexity index is 1500. The van der Waals surface area contributed by atoms with Crippen LogP contribution in [0.5, 0.6) is 0 Å². The molecule has 0 unspecified atom stereocenters. The molecule has 168 valence electrons. The zero-order valence-corrected chi connectivity index (χ0v) is 17.6. The van der Waals surface area contributed by atoms with Gasteiger partial charge in [-0.05, 0) is 71.9 Å². The fraction of sp³-hybridized carbons (Fsp3) is 0.0455. The number of benzene rings is 2. The highest BCUT2D eigenvalue weighted by atomic mass is 19.1. The molecule has 0 saturated carbocycles. The number of hydrazine groups is 1. The Labute approximate surface area is 190 Å². The van der Waals surface area contributed by atoms with Gasteiger partial charge in [0.15, 0.2) is 0 Å². The number of nitrogens with zero attached hydrogens (tertiary/aromatic N) is 6. The monoisotopic (exact) mass is 458 g/mol. The molecule has 5 rings (SSSR count). The van der Waals surface area contributed by atoms with Gasteiger partial charge in [-0.15, -0.1) is 5.10 Å². The van der Waals surface area contributed by atoms with E-state index in [1.165, 1.54) is 41.3 Å². The van der Waals surface area contributed by atoms with E-state index in [1.807, 2.05) is 0 Å². The highest BCUT2D eigenvalue weighted by molar-refractivity contribution is 6.08. The minimum atomic E-state index is -0.597. The van der Waals surface area contributed by atoms with Crippen LogP contribution in [-0.2, 0) is 0 Å². The number of rotatable bonds is 4. The zero-order chi connectivity index (χ0) is 23.7. The van der Waals surface area contributed by atoms with E-state index < -0.39 is 17.6 Å². The van der Waals surface area contributed by atoms with Crippen molar-refractivity contribution in [1.82, 2.24) is 41.2 Å². The molecule has 2 N–H and O–H groups in total. The number of carbonyl (C=O) groups is 2. The summed E-state index contributed by atoms with van der Waals surface area (Å²) in [6.07, 6.45) is 1.43. The molecule has 2 amide bonds. The first-order valence-corrected chi connectivity index (χ1v) is 9.96. The molecule has 2 aromatic carbocycles. The standard InChI is InChI=1S/C22H15FN8O3/c1-12-19-17(10-18(25-22(19)34-28-12)13-2-6-15(23)7-3-13)21(33)27-26-20(32)14-4-8-16(9-5-14)31-11-24-29-30-31/h2-11H,1H3,(H,26,32)(H,27,33). The minimum absolute atomic E-state index is 0.147. The molecule has 0 fully saturated rings. The van der Waals surface area contributed by atoms with E-state index >= 15 is 0 Å². The van der Waals surface area contributed by atoms with Gasteiger partial charge in [-0.1, -0.05) is 5.16 Å². The van der Waals surface area contributed by atoms with Crippen molar-refractivity contribution in [3.05, 3.63) is 83.6 Å². The average Bonchev–Trinajstić information content (AvgIpc) is 3.53. The molecule has 5 aromatic rings. The molecular weight excluding hydrogens is 443 g/mol. The summed E-state index contributed by atoms with van der Waals surface area (Å²) in [6.45, 7) is 1.67. The zero-order valence-electron chi connectivity index (χ0n) is 17.6. The summed E-state index contributed by atoms with van der Waals surface area (Å²) in [5.74, 6) is -1.52. The lowest BCUT2D eigenvalue weighted by Gasteiger charge is -2.10. The summed E-state index contributed by atoms with van der Waals surface area (Å²) >= 11 is 0. The number of pyridine rings is 1. The van der Waals surface area contributed by atoms with Gasteiger partial charge in [0.05, 0.1) is 28.0 Å². The number of hydrogen-bond donors (Lipinski definition) is 2. The van der Waals surface area contributed by atoms with E-state index in [9.17, 15) is 14.0 Å². The molecule has 0 bridgehead atoms. The smallest absolute Gasteiger partial charge is 0.270 e. The van der Waals surface area contributed by atoms with Crippen LogP contribution < -0.4 is 10.9 Å². The Morgan fingerprint density at radius 2 is 1.74 bits per heavy atom.